The lowest BCUT2D eigenvalue weighted by molar-refractivity contribution is 0.101. The first-order valence-corrected chi connectivity index (χ1v) is 12.6. The van der Waals surface area contributed by atoms with Crippen LogP contribution in [0.2, 0.25) is 0 Å². The largest absolute Gasteiger partial charge is 0.393 e. The van der Waals surface area contributed by atoms with E-state index in [4.69, 9.17) is 5.14 Å². The van der Waals surface area contributed by atoms with Crippen LogP contribution in [0.15, 0.2) is 36.2 Å². The lowest BCUT2D eigenvalue weighted by Gasteiger charge is -2.15. The molecule has 3 atom stereocenters. The molecule has 4 N–H and O–H groups in total. The van der Waals surface area contributed by atoms with Crippen LogP contribution in [0.3, 0.4) is 0 Å². The van der Waals surface area contributed by atoms with E-state index >= 15 is 0 Å². The van der Waals surface area contributed by atoms with Gasteiger partial charge in [0.1, 0.15) is 12.1 Å². The molecule has 3 heterocycles. The van der Waals surface area contributed by atoms with E-state index in [1.54, 1.807) is 0 Å². The van der Waals surface area contributed by atoms with E-state index < -0.39 is 22.3 Å². The monoisotopic (exact) mass is 492 g/mol. The predicted octanol–water partition coefficient (Wildman–Crippen LogP) is 1.09. The summed E-state index contributed by atoms with van der Waals surface area (Å²) in [5.41, 5.74) is 2.21. The van der Waals surface area contributed by atoms with E-state index in [2.05, 4.69) is 24.6 Å². The molecule has 1 aliphatic rings. The number of aryl methyl sites for hydroxylation is 1. The van der Waals surface area contributed by atoms with Crippen LogP contribution in [0, 0.1) is 12.8 Å². The molecule has 0 aliphatic heterocycles. The zero-order valence-corrected chi connectivity index (χ0v) is 19.4. The SMILES string of the molecule is Cc1ccn(Cc2csc(C(=O)c3cncnc3N[C@@H]3C[C@H](COS(N)(=O)=O)[C@@H](O)C3)c2)n1. The quantitative estimate of drug-likeness (QED) is 0.371. The Hall–Kier alpha value is -2.71. The third-order valence-corrected chi connectivity index (χ3v) is 6.84. The topological polar surface area (TPSA) is 162 Å². The molecule has 0 spiro atoms. The minimum absolute atomic E-state index is 0.207. The van der Waals surface area contributed by atoms with Crippen molar-refractivity contribution in [3.63, 3.8) is 0 Å². The maximum atomic E-state index is 13.2. The first-order chi connectivity index (χ1) is 15.7. The number of carbonyl (C=O) groups is 1. The van der Waals surface area contributed by atoms with Crippen LogP contribution in [0.1, 0.15) is 39.3 Å². The van der Waals surface area contributed by atoms with Gasteiger partial charge in [0.25, 0.3) is 0 Å². The van der Waals surface area contributed by atoms with Crippen LogP contribution in [0.25, 0.3) is 0 Å². The Morgan fingerprint density at radius 3 is 2.97 bits per heavy atom. The molecule has 13 heteroatoms. The number of ketones is 1. The fraction of sp³-hybridized carbons (Fsp3) is 0.400. The van der Waals surface area contributed by atoms with Crippen LogP contribution in [0.5, 0.6) is 0 Å². The van der Waals surface area contributed by atoms with Gasteiger partial charge in [-0.1, -0.05) is 0 Å². The molecule has 11 nitrogen and oxygen atoms in total. The lowest BCUT2D eigenvalue weighted by atomic mass is 10.1. The third kappa shape index (κ3) is 6.00. The molecule has 1 aliphatic carbocycles. The Balaban J connectivity index is 1.44. The molecule has 4 rings (SSSR count). The highest BCUT2D eigenvalue weighted by atomic mass is 32.2. The number of carbonyl (C=O) groups excluding carboxylic acids is 1. The minimum atomic E-state index is -4.08. The maximum absolute atomic E-state index is 13.2. The first-order valence-electron chi connectivity index (χ1n) is 10.2. The van der Waals surface area contributed by atoms with Crippen molar-refractivity contribution in [2.75, 3.05) is 11.9 Å². The number of thiophene rings is 1. The van der Waals surface area contributed by atoms with Gasteiger partial charge in [-0.3, -0.25) is 13.7 Å². The highest BCUT2D eigenvalue weighted by molar-refractivity contribution is 7.84. The molecule has 0 unspecified atom stereocenters. The van der Waals surface area contributed by atoms with Crippen LogP contribution in [-0.2, 0) is 21.0 Å². The highest BCUT2D eigenvalue weighted by Crippen LogP contribution is 2.30. The second-order valence-corrected chi connectivity index (χ2v) is 10.1. The van der Waals surface area contributed by atoms with Gasteiger partial charge >= 0.3 is 10.3 Å². The number of nitrogens with zero attached hydrogens (tertiary/aromatic N) is 4. The Morgan fingerprint density at radius 1 is 1.42 bits per heavy atom. The number of anilines is 1. The van der Waals surface area contributed by atoms with E-state index in [1.165, 1.54) is 23.9 Å². The highest BCUT2D eigenvalue weighted by Gasteiger charge is 2.34. The van der Waals surface area contributed by atoms with Crippen molar-refractivity contribution in [2.24, 2.45) is 11.1 Å². The minimum Gasteiger partial charge on any atom is -0.393 e. The summed E-state index contributed by atoms with van der Waals surface area (Å²) >= 11 is 1.34. The summed E-state index contributed by atoms with van der Waals surface area (Å²) in [4.78, 5) is 21.9. The maximum Gasteiger partial charge on any atom is 0.333 e. The van der Waals surface area contributed by atoms with Crippen molar-refractivity contribution in [1.82, 2.24) is 19.7 Å². The summed E-state index contributed by atoms with van der Waals surface area (Å²) in [5, 5.41) is 24.6. The molecule has 1 saturated carbocycles. The molecule has 33 heavy (non-hydrogen) atoms. The average molecular weight is 493 g/mol. The van der Waals surface area contributed by atoms with E-state index in [1.807, 2.05) is 35.3 Å². The molecule has 3 aromatic heterocycles. The molecule has 176 valence electrons. The Morgan fingerprint density at radius 2 is 2.24 bits per heavy atom. The van der Waals surface area contributed by atoms with E-state index in [-0.39, 0.29) is 18.4 Å². The van der Waals surface area contributed by atoms with Gasteiger partial charge in [0.15, 0.2) is 0 Å². The van der Waals surface area contributed by atoms with Gasteiger partial charge in [0.05, 0.1) is 35.4 Å². The van der Waals surface area contributed by atoms with Gasteiger partial charge in [-0.15, -0.1) is 11.3 Å². The standard InChI is InChI=1S/C20H24N6O5S2/c1-12-2-3-26(25-12)8-13-4-18(32-10-13)19(28)16-7-22-11-23-20(16)24-15-5-14(17(27)6-15)9-31-33(21,29)30/h2-4,7,10-11,14-15,17,27H,5-6,8-9H2,1H3,(H2,21,29,30)(H,22,23,24)/t14-,15-,17+/m1/s1. The van der Waals surface area contributed by atoms with Gasteiger partial charge < -0.3 is 10.4 Å². The molecule has 1 fully saturated rings. The fourth-order valence-electron chi connectivity index (χ4n) is 3.83. The predicted molar refractivity (Wildman–Crippen MR) is 121 cm³/mol. The summed E-state index contributed by atoms with van der Waals surface area (Å²) in [7, 11) is -4.08. The van der Waals surface area contributed by atoms with Gasteiger partial charge in [0, 0.05) is 24.4 Å². The van der Waals surface area contributed by atoms with Gasteiger partial charge in [-0.2, -0.15) is 13.5 Å². The van der Waals surface area contributed by atoms with Crippen LogP contribution >= 0.6 is 11.3 Å². The second-order valence-electron chi connectivity index (χ2n) is 8.01. The summed E-state index contributed by atoms with van der Waals surface area (Å²) in [6.45, 7) is 2.28. The smallest absolute Gasteiger partial charge is 0.333 e. The van der Waals surface area contributed by atoms with Crippen molar-refractivity contribution in [3.8, 4) is 0 Å². The van der Waals surface area contributed by atoms with Crippen LogP contribution < -0.4 is 10.5 Å². The summed E-state index contributed by atoms with van der Waals surface area (Å²) in [6.07, 6.45) is 4.70. The lowest BCUT2D eigenvalue weighted by Crippen LogP contribution is -2.24. The molecule has 0 saturated heterocycles. The number of aliphatic hydroxyl groups is 1. The number of nitrogens with two attached hydrogens (primary N) is 1. The zero-order chi connectivity index (χ0) is 23.6. The fourth-order valence-corrected chi connectivity index (χ4v) is 5.06. The number of hydrogen-bond donors (Lipinski definition) is 3. The molecule has 3 aromatic rings. The Labute approximate surface area is 194 Å². The molecular formula is C20H24N6O5S2. The zero-order valence-electron chi connectivity index (χ0n) is 17.8. The number of rotatable bonds is 9. The van der Waals surface area contributed by atoms with Crippen LogP contribution in [0.4, 0.5) is 5.82 Å². The molecule has 0 amide bonds. The van der Waals surface area contributed by atoms with E-state index in [0.29, 0.717) is 35.6 Å². The van der Waals surface area contributed by atoms with Gasteiger partial charge in [-0.05, 0) is 42.8 Å². The number of nitrogens with one attached hydrogen (secondary N) is 1. The van der Waals surface area contributed by atoms with Gasteiger partial charge in [0.2, 0.25) is 5.78 Å². The van der Waals surface area contributed by atoms with Gasteiger partial charge in [-0.25, -0.2) is 15.1 Å². The molecule has 0 bridgehead atoms. The first kappa shape index (κ1) is 23.4. The van der Waals surface area contributed by atoms with Crippen molar-refractivity contribution in [2.45, 2.75) is 38.5 Å². The molecular weight excluding hydrogens is 468 g/mol. The average Bonchev–Trinajstić information content (AvgIpc) is 3.47. The third-order valence-electron chi connectivity index (χ3n) is 5.40. The van der Waals surface area contributed by atoms with Crippen molar-refractivity contribution in [3.05, 3.63) is 57.9 Å². The number of aliphatic hydroxyl groups excluding tert-OH is 1. The summed E-state index contributed by atoms with van der Waals surface area (Å²) in [6, 6.07) is 3.53. The summed E-state index contributed by atoms with van der Waals surface area (Å²) in [5.74, 6) is -0.260. The Bertz CT molecular complexity index is 1240. The van der Waals surface area contributed by atoms with Crippen molar-refractivity contribution < 1.29 is 22.5 Å². The van der Waals surface area contributed by atoms with Crippen molar-refractivity contribution in [1.29, 1.82) is 0 Å². The second kappa shape index (κ2) is 9.65. The van der Waals surface area contributed by atoms with E-state index in [9.17, 15) is 18.3 Å². The number of aromatic nitrogens is 4. The molecule has 0 radical (unpaired) electrons. The van der Waals surface area contributed by atoms with E-state index in [0.717, 1.165) is 11.3 Å². The number of hydrogen-bond acceptors (Lipinski definition) is 10. The molecule has 0 aromatic carbocycles. The summed E-state index contributed by atoms with van der Waals surface area (Å²) < 4.78 is 28.5. The van der Waals surface area contributed by atoms with Crippen molar-refractivity contribution >= 4 is 33.2 Å². The normalized spacial score (nSPS) is 20.8. The van der Waals surface area contributed by atoms with Crippen LogP contribution in [-0.4, -0.2) is 57.8 Å². The Kier molecular flexibility index (Phi) is 6.86.